The molecular weight excluding hydrogens is 445 g/mol. The van der Waals surface area contributed by atoms with Crippen LogP contribution in [0.3, 0.4) is 0 Å². The molecule has 0 spiro atoms. The number of aromatic nitrogens is 1. The quantitative estimate of drug-likeness (QED) is 0.607. The van der Waals surface area contributed by atoms with Crippen LogP contribution in [-0.4, -0.2) is 60.5 Å². The first-order valence-electron chi connectivity index (χ1n) is 10.8. The van der Waals surface area contributed by atoms with Crippen LogP contribution in [0.2, 0.25) is 0 Å². The van der Waals surface area contributed by atoms with Gasteiger partial charge in [0.15, 0.2) is 0 Å². The number of pyridine rings is 1. The van der Waals surface area contributed by atoms with E-state index in [9.17, 15) is 27.1 Å². The van der Waals surface area contributed by atoms with E-state index in [2.05, 4.69) is 14.6 Å². The van der Waals surface area contributed by atoms with Crippen molar-refractivity contribution in [1.29, 1.82) is 0 Å². The molecule has 0 saturated carbocycles. The average Bonchev–Trinajstić information content (AvgIpc) is 3.26. The van der Waals surface area contributed by atoms with Crippen molar-refractivity contribution >= 4 is 5.69 Å². The maximum absolute atomic E-state index is 12.9. The first-order valence-corrected chi connectivity index (χ1v) is 10.8. The van der Waals surface area contributed by atoms with Crippen LogP contribution in [0, 0.1) is 5.41 Å². The molecule has 1 aromatic carbocycles. The molecule has 0 amide bonds. The molecule has 1 aromatic heterocycles. The largest absolute Gasteiger partial charge is 0.573 e. The predicted molar refractivity (Wildman–Crippen MR) is 112 cm³/mol. The van der Waals surface area contributed by atoms with Crippen LogP contribution in [0.4, 0.5) is 27.6 Å². The van der Waals surface area contributed by atoms with Gasteiger partial charge in [-0.15, -0.1) is 13.2 Å². The third kappa shape index (κ3) is 4.77. The maximum atomic E-state index is 12.9. The van der Waals surface area contributed by atoms with Crippen LogP contribution >= 0.6 is 0 Å². The molecule has 3 heterocycles. The highest BCUT2D eigenvalue weighted by atomic mass is 19.4. The third-order valence-electron chi connectivity index (χ3n) is 6.53. The molecule has 0 aliphatic carbocycles. The van der Waals surface area contributed by atoms with Gasteiger partial charge in [0.2, 0.25) is 0 Å². The summed E-state index contributed by atoms with van der Waals surface area (Å²) in [5, 5.41) is 12.1. The fraction of sp³-hybridized carbons (Fsp3) is 0.522. The summed E-state index contributed by atoms with van der Waals surface area (Å²) in [6.45, 7) is 3.51. The monoisotopic (exact) mass is 471 g/mol. The Morgan fingerprint density at radius 3 is 2.27 bits per heavy atom. The fourth-order valence-corrected chi connectivity index (χ4v) is 5.03. The minimum Gasteiger partial charge on any atom is -0.406 e. The number of nitrogens with zero attached hydrogens (tertiary/aromatic N) is 3. The average molecular weight is 471 g/mol. The van der Waals surface area contributed by atoms with Crippen molar-refractivity contribution in [3.05, 3.63) is 53.9 Å². The van der Waals surface area contributed by atoms with Crippen molar-refractivity contribution in [2.24, 2.45) is 5.41 Å². The number of likely N-dealkylation sites (tertiary alicyclic amines) is 1. The summed E-state index contributed by atoms with van der Waals surface area (Å²) in [6, 6.07) is 6.88. The van der Waals surface area contributed by atoms with E-state index in [-0.39, 0.29) is 13.1 Å². The van der Waals surface area contributed by atoms with E-state index >= 15 is 0 Å². The summed E-state index contributed by atoms with van der Waals surface area (Å²) in [4.78, 5) is 8.02. The Kier molecular flexibility index (Phi) is 6.26. The molecular formula is C23H26F5N3O2. The molecule has 0 radical (unpaired) electrons. The van der Waals surface area contributed by atoms with Gasteiger partial charge in [0.05, 0.1) is 18.4 Å². The lowest BCUT2D eigenvalue weighted by atomic mass is 9.62. The molecule has 0 unspecified atom stereocenters. The highest BCUT2D eigenvalue weighted by Gasteiger charge is 2.56. The van der Waals surface area contributed by atoms with Gasteiger partial charge in [-0.25, -0.2) is 8.78 Å². The standard InChI is InChI=1S/C23H26F5N3O2/c1-21(14-30(15-21)13-20(24)25)22(32,16-4-6-19(7-5-16)33-23(26,27)28)17-10-18(12-29-11-17)31-8-2-3-9-31/h4-7,10-12,20,32H,2-3,8-9,13-15H2,1H3/t22-/m0/s1. The van der Waals surface area contributed by atoms with Gasteiger partial charge >= 0.3 is 6.36 Å². The van der Waals surface area contributed by atoms with E-state index in [1.807, 2.05) is 6.07 Å². The second-order valence-electron chi connectivity index (χ2n) is 9.03. The minimum absolute atomic E-state index is 0.197. The van der Waals surface area contributed by atoms with Gasteiger partial charge < -0.3 is 14.7 Å². The Bertz CT molecular complexity index is 957. The van der Waals surface area contributed by atoms with Gasteiger partial charge in [-0.05, 0) is 36.6 Å². The van der Waals surface area contributed by atoms with Crippen LogP contribution in [0.1, 0.15) is 30.9 Å². The Morgan fingerprint density at radius 2 is 1.70 bits per heavy atom. The van der Waals surface area contributed by atoms with E-state index in [1.165, 1.54) is 18.3 Å². The highest BCUT2D eigenvalue weighted by Crippen LogP contribution is 2.51. The number of halogens is 5. The molecule has 5 nitrogen and oxygen atoms in total. The third-order valence-corrected chi connectivity index (χ3v) is 6.53. The van der Waals surface area contributed by atoms with E-state index in [4.69, 9.17) is 0 Å². The smallest absolute Gasteiger partial charge is 0.406 e. The van der Waals surface area contributed by atoms with Crippen LogP contribution in [0.5, 0.6) is 5.75 Å². The number of anilines is 1. The van der Waals surface area contributed by atoms with Gasteiger partial charge in [0, 0.05) is 43.4 Å². The van der Waals surface area contributed by atoms with Crippen LogP contribution < -0.4 is 9.64 Å². The molecule has 2 saturated heterocycles. The zero-order chi connectivity index (χ0) is 23.9. The predicted octanol–water partition coefficient (Wildman–Crippen LogP) is 4.40. The van der Waals surface area contributed by atoms with Crippen molar-refractivity contribution in [1.82, 2.24) is 9.88 Å². The molecule has 0 bridgehead atoms. The van der Waals surface area contributed by atoms with E-state index < -0.39 is 36.1 Å². The van der Waals surface area contributed by atoms with Gasteiger partial charge in [0.25, 0.3) is 6.43 Å². The summed E-state index contributed by atoms with van der Waals surface area (Å²) in [5.41, 5.74) is -0.870. The van der Waals surface area contributed by atoms with Crippen LogP contribution in [-0.2, 0) is 5.60 Å². The maximum Gasteiger partial charge on any atom is 0.573 e. The molecule has 1 atom stereocenters. The van der Waals surface area contributed by atoms with Gasteiger partial charge in [-0.2, -0.15) is 0 Å². The first-order chi connectivity index (χ1) is 15.5. The molecule has 2 fully saturated rings. The topological polar surface area (TPSA) is 48.8 Å². The number of alkyl halides is 5. The highest BCUT2D eigenvalue weighted by molar-refractivity contribution is 5.51. The Morgan fingerprint density at radius 1 is 1.06 bits per heavy atom. The number of benzene rings is 1. The zero-order valence-corrected chi connectivity index (χ0v) is 18.2. The second kappa shape index (κ2) is 8.72. The first kappa shape index (κ1) is 23.7. The van der Waals surface area contributed by atoms with Gasteiger partial charge in [0.1, 0.15) is 11.4 Å². The van der Waals surface area contributed by atoms with E-state index in [0.29, 0.717) is 11.1 Å². The van der Waals surface area contributed by atoms with Crippen molar-refractivity contribution < 1.29 is 31.8 Å². The van der Waals surface area contributed by atoms with Gasteiger partial charge in [-0.1, -0.05) is 19.1 Å². The molecule has 2 aromatic rings. The van der Waals surface area contributed by atoms with Crippen molar-refractivity contribution in [2.75, 3.05) is 37.6 Å². The number of ether oxygens (including phenoxy) is 1. The molecule has 2 aliphatic heterocycles. The summed E-state index contributed by atoms with van der Waals surface area (Å²) in [6.07, 6.45) is -1.99. The number of rotatable bonds is 7. The summed E-state index contributed by atoms with van der Waals surface area (Å²) in [5.74, 6) is -0.407. The fourth-order valence-electron chi connectivity index (χ4n) is 5.03. The lowest BCUT2D eigenvalue weighted by Gasteiger charge is -2.56. The summed E-state index contributed by atoms with van der Waals surface area (Å²) < 4.78 is 67.5. The number of hydrogen-bond acceptors (Lipinski definition) is 5. The Hall–Kier alpha value is -2.46. The normalized spacial score (nSPS) is 20.5. The van der Waals surface area contributed by atoms with E-state index in [0.717, 1.165) is 43.8 Å². The van der Waals surface area contributed by atoms with Crippen LogP contribution in [0.15, 0.2) is 42.7 Å². The zero-order valence-electron chi connectivity index (χ0n) is 18.2. The lowest BCUT2D eigenvalue weighted by molar-refractivity contribution is -0.274. The van der Waals surface area contributed by atoms with Crippen molar-refractivity contribution in [3.63, 3.8) is 0 Å². The Labute approximate surface area is 188 Å². The van der Waals surface area contributed by atoms with Crippen molar-refractivity contribution in [2.45, 2.75) is 38.2 Å². The number of aliphatic hydroxyl groups is 1. The lowest BCUT2D eigenvalue weighted by Crippen LogP contribution is -2.65. The molecule has 33 heavy (non-hydrogen) atoms. The SMILES string of the molecule is CC1([C@](O)(c2ccc(OC(F)(F)F)cc2)c2cncc(N3CCCC3)c2)CN(CC(F)F)C1. The molecule has 4 rings (SSSR count). The molecule has 2 aliphatic rings. The Balaban J connectivity index is 1.71. The summed E-state index contributed by atoms with van der Waals surface area (Å²) >= 11 is 0. The number of hydrogen-bond donors (Lipinski definition) is 1. The summed E-state index contributed by atoms with van der Waals surface area (Å²) in [7, 11) is 0. The molecule has 1 N–H and O–H groups in total. The van der Waals surface area contributed by atoms with Crippen LogP contribution in [0.25, 0.3) is 0 Å². The van der Waals surface area contributed by atoms with Crippen molar-refractivity contribution in [3.8, 4) is 5.75 Å². The molecule has 180 valence electrons. The molecule has 10 heteroatoms. The van der Waals surface area contributed by atoms with E-state index in [1.54, 1.807) is 18.0 Å². The minimum atomic E-state index is -4.83. The second-order valence-corrected chi connectivity index (χ2v) is 9.03. The van der Waals surface area contributed by atoms with Gasteiger partial charge in [-0.3, -0.25) is 9.88 Å².